The van der Waals surface area contributed by atoms with Gasteiger partial charge in [-0.05, 0) is 12.8 Å². The van der Waals surface area contributed by atoms with Crippen LogP contribution in [0.2, 0.25) is 0 Å². The lowest BCUT2D eigenvalue weighted by atomic mass is 10.1. The first-order valence-electron chi connectivity index (χ1n) is 4.26. The van der Waals surface area contributed by atoms with E-state index in [4.69, 9.17) is 5.73 Å². The molecule has 11 heavy (non-hydrogen) atoms. The maximum Gasteiger partial charge on any atom is 0.312 e. The largest absolute Gasteiger partial charge is 0.352 e. The van der Waals surface area contributed by atoms with Gasteiger partial charge in [-0.15, -0.1) is 0 Å². The summed E-state index contributed by atoms with van der Waals surface area (Å²) in [6.45, 7) is 4.21. The molecule has 0 aromatic rings. The van der Waals surface area contributed by atoms with Gasteiger partial charge in [0.2, 0.25) is 0 Å². The quantitative estimate of drug-likeness (QED) is 0.627. The van der Waals surface area contributed by atoms with Gasteiger partial charge < -0.3 is 11.1 Å². The number of amides is 2. The molecule has 0 aromatic heterocycles. The summed E-state index contributed by atoms with van der Waals surface area (Å²) < 4.78 is 0. The molecule has 0 spiro atoms. The van der Waals surface area contributed by atoms with E-state index in [9.17, 15) is 4.79 Å². The maximum absolute atomic E-state index is 10.5. The Morgan fingerprint density at radius 2 is 1.82 bits per heavy atom. The molecule has 0 atom stereocenters. The topological polar surface area (TPSA) is 55.1 Å². The van der Waals surface area contributed by atoms with Crippen molar-refractivity contribution < 1.29 is 4.79 Å². The van der Waals surface area contributed by atoms with E-state index >= 15 is 0 Å². The van der Waals surface area contributed by atoms with E-state index in [0.29, 0.717) is 0 Å². The van der Waals surface area contributed by atoms with E-state index in [1.807, 2.05) is 0 Å². The van der Waals surface area contributed by atoms with Gasteiger partial charge in [0.25, 0.3) is 0 Å². The van der Waals surface area contributed by atoms with Crippen molar-refractivity contribution in [1.82, 2.24) is 5.32 Å². The fourth-order valence-electron chi connectivity index (χ4n) is 1.19. The number of nitrogens with one attached hydrogen (secondary N) is 1. The summed E-state index contributed by atoms with van der Waals surface area (Å²) in [5, 5.41) is 2.72. The van der Waals surface area contributed by atoms with Crippen LogP contribution in [-0.4, -0.2) is 12.1 Å². The highest BCUT2D eigenvalue weighted by Crippen LogP contribution is 2.03. The lowest BCUT2D eigenvalue weighted by molar-refractivity contribution is 0.243. The van der Waals surface area contributed by atoms with E-state index in [1.165, 1.54) is 0 Å². The van der Waals surface area contributed by atoms with Crippen LogP contribution in [0.1, 0.15) is 39.5 Å². The van der Waals surface area contributed by atoms with Crippen LogP contribution in [0.5, 0.6) is 0 Å². The van der Waals surface area contributed by atoms with Crippen LogP contribution in [0.3, 0.4) is 0 Å². The molecule has 0 heterocycles. The predicted molar refractivity (Wildman–Crippen MR) is 46.3 cm³/mol. The third kappa shape index (κ3) is 5.70. The first-order chi connectivity index (χ1) is 5.20. The zero-order valence-corrected chi connectivity index (χ0v) is 7.39. The van der Waals surface area contributed by atoms with Crippen LogP contribution in [0.25, 0.3) is 0 Å². The zero-order chi connectivity index (χ0) is 8.69. The molecule has 0 aliphatic carbocycles. The van der Waals surface area contributed by atoms with E-state index in [-0.39, 0.29) is 6.04 Å². The zero-order valence-electron chi connectivity index (χ0n) is 7.39. The second-order valence-electron chi connectivity index (χ2n) is 2.78. The Balaban J connectivity index is 3.59. The first-order valence-corrected chi connectivity index (χ1v) is 4.26. The number of hydrogen-bond donors (Lipinski definition) is 2. The van der Waals surface area contributed by atoms with Gasteiger partial charge in [0.15, 0.2) is 0 Å². The molecule has 0 unspecified atom stereocenters. The molecule has 0 saturated heterocycles. The highest BCUT2D eigenvalue weighted by atomic mass is 16.2. The third-order valence-corrected chi connectivity index (χ3v) is 1.62. The highest BCUT2D eigenvalue weighted by molar-refractivity contribution is 5.71. The molecule has 0 fully saturated rings. The number of carbonyl (C=O) groups excluding carboxylic acids is 1. The number of hydrogen-bond acceptors (Lipinski definition) is 1. The van der Waals surface area contributed by atoms with Gasteiger partial charge in [-0.3, -0.25) is 0 Å². The molecule has 66 valence electrons. The third-order valence-electron chi connectivity index (χ3n) is 1.62. The Labute approximate surface area is 68.3 Å². The minimum atomic E-state index is -0.406. The predicted octanol–water partition coefficient (Wildman–Crippen LogP) is 1.62. The number of primary amides is 1. The highest BCUT2D eigenvalue weighted by Gasteiger charge is 2.06. The SMILES string of the molecule is CCCC(CCC)NC(N)=O. The lowest BCUT2D eigenvalue weighted by Crippen LogP contribution is -2.38. The van der Waals surface area contributed by atoms with E-state index < -0.39 is 6.03 Å². The van der Waals surface area contributed by atoms with Gasteiger partial charge >= 0.3 is 6.03 Å². The molecule has 0 aromatic carbocycles. The summed E-state index contributed by atoms with van der Waals surface area (Å²) in [7, 11) is 0. The van der Waals surface area contributed by atoms with Crippen molar-refractivity contribution in [2.75, 3.05) is 0 Å². The van der Waals surface area contributed by atoms with E-state index in [2.05, 4.69) is 19.2 Å². The summed E-state index contributed by atoms with van der Waals surface area (Å²) in [5.41, 5.74) is 5.00. The van der Waals surface area contributed by atoms with Crippen molar-refractivity contribution >= 4 is 6.03 Å². The number of urea groups is 1. The van der Waals surface area contributed by atoms with E-state index in [0.717, 1.165) is 25.7 Å². The smallest absolute Gasteiger partial charge is 0.312 e. The maximum atomic E-state index is 10.5. The van der Waals surface area contributed by atoms with Crippen molar-refractivity contribution in [3.8, 4) is 0 Å². The van der Waals surface area contributed by atoms with Crippen LogP contribution in [0, 0.1) is 0 Å². The Morgan fingerprint density at radius 3 is 2.09 bits per heavy atom. The summed E-state index contributed by atoms with van der Waals surface area (Å²) >= 11 is 0. The molecule has 3 N–H and O–H groups in total. The molecule has 0 aliphatic rings. The van der Waals surface area contributed by atoms with E-state index in [1.54, 1.807) is 0 Å². The first kappa shape index (κ1) is 10.3. The van der Waals surface area contributed by atoms with Crippen molar-refractivity contribution in [3.05, 3.63) is 0 Å². The fourth-order valence-corrected chi connectivity index (χ4v) is 1.19. The Hall–Kier alpha value is -0.730. The van der Waals surface area contributed by atoms with Crippen molar-refractivity contribution in [3.63, 3.8) is 0 Å². The summed E-state index contributed by atoms with van der Waals surface area (Å²) in [6, 6.07) is -0.126. The second-order valence-corrected chi connectivity index (χ2v) is 2.78. The molecule has 0 saturated carbocycles. The standard InChI is InChI=1S/C8H18N2O/c1-3-5-7(6-4-2)10-8(9)11/h7H,3-6H2,1-2H3,(H3,9,10,11). The second kappa shape index (κ2) is 6.01. The molecule has 0 bridgehead atoms. The Morgan fingerprint density at radius 1 is 1.36 bits per heavy atom. The fraction of sp³-hybridized carbons (Fsp3) is 0.875. The minimum absolute atomic E-state index is 0.280. The summed E-state index contributed by atoms with van der Waals surface area (Å²) in [5.74, 6) is 0. The monoisotopic (exact) mass is 158 g/mol. The average molecular weight is 158 g/mol. The number of rotatable bonds is 5. The van der Waals surface area contributed by atoms with Crippen LogP contribution in [0.15, 0.2) is 0 Å². The average Bonchev–Trinajstić information content (AvgIpc) is 1.87. The summed E-state index contributed by atoms with van der Waals surface area (Å²) in [6.07, 6.45) is 4.23. The minimum Gasteiger partial charge on any atom is -0.352 e. The molecule has 3 nitrogen and oxygen atoms in total. The Kier molecular flexibility index (Phi) is 5.61. The van der Waals surface area contributed by atoms with Gasteiger partial charge in [0, 0.05) is 6.04 Å². The molecule has 0 radical (unpaired) electrons. The molecule has 0 aliphatic heterocycles. The van der Waals surface area contributed by atoms with Crippen molar-refractivity contribution in [1.29, 1.82) is 0 Å². The van der Waals surface area contributed by atoms with Gasteiger partial charge in [-0.25, -0.2) is 4.79 Å². The lowest BCUT2D eigenvalue weighted by Gasteiger charge is -2.14. The van der Waals surface area contributed by atoms with Crippen LogP contribution in [-0.2, 0) is 0 Å². The molecule has 2 amide bonds. The van der Waals surface area contributed by atoms with Crippen LogP contribution >= 0.6 is 0 Å². The number of nitrogens with two attached hydrogens (primary N) is 1. The Bertz CT molecular complexity index is 109. The number of carbonyl (C=O) groups is 1. The van der Waals surface area contributed by atoms with Gasteiger partial charge in [0.1, 0.15) is 0 Å². The van der Waals surface area contributed by atoms with Crippen molar-refractivity contribution in [2.24, 2.45) is 5.73 Å². The molecule has 0 rings (SSSR count). The van der Waals surface area contributed by atoms with Crippen LogP contribution < -0.4 is 11.1 Å². The van der Waals surface area contributed by atoms with Gasteiger partial charge in [-0.2, -0.15) is 0 Å². The summed E-state index contributed by atoms with van der Waals surface area (Å²) in [4.78, 5) is 10.5. The normalized spacial score (nSPS) is 10.1. The van der Waals surface area contributed by atoms with Crippen LogP contribution in [0.4, 0.5) is 4.79 Å². The molecular weight excluding hydrogens is 140 g/mol. The molecular formula is C8H18N2O. The molecule has 3 heteroatoms. The van der Waals surface area contributed by atoms with Gasteiger partial charge in [-0.1, -0.05) is 26.7 Å². The van der Waals surface area contributed by atoms with Crippen molar-refractivity contribution in [2.45, 2.75) is 45.6 Å². The van der Waals surface area contributed by atoms with Gasteiger partial charge in [0.05, 0.1) is 0 Å².